The van der Waals surface area contributed by atoms with Crippen molar-refractivity contribution in [2.24, 2.45) is 0 Å². The number of rotatable bonds is 8. The molecule has 5 N–H and O–H groups in total. The Labute approximate surface area is 110 Å². The number of quaternary nitrogens is 1. The molecule has 8 heteroatoms. The number of hydrogen-bond acceptors (Lipinski definition) is 5. The Hall–Kier alpha value is 0.267. The van der Waals surface area contributed by atoms with Crippen LogP contribution in [-0.4, -0.2) is 79.7 Å². The third kappa shape index (κ3) is 16.3. The first kappa shape index (κ1) is 19.6. The first-order chi connectivity index (χ1) is 7.10. The molecule has 0 aliphatic rings. The predicted octanol–water partition coefficient (Wildman–Crippen LogP) is -5.05. The number of aliphatic hydroxyl groups is 1. The van der Waals surface area contributed by atoms with Crippen LogP contribution in [-0.2, 0) is 0 Å². The molecule has 0 saturated carbocycles. The van der Waals surface area contributed by atoms with Crippen molar-refractivity contribution in [1.82, 2.24) is 5.32 Å². The molecule has 0 aliphatic carbocycles. The summed E-state index contributed by atoms with van der Waals surface area (Å²) in [7, 11) is 2.14. The molecule has 0 radical (unpaired) electrons. The number of nitrogens with zero attached hydrogens (tertiary/aromatic N) is 1. The van der Waals surface area contributed by atoms with Gasteiger partial charge in [-0.15, -0.1) is 0 Å². The second-order valence-corrected chi connectivity index (χ2v) is 7.26. The van der Waals surface area contributed by atoms with E-state index in [1.165, 1.54) is 0 Å². The highest BCUT2D eigenvalue weighted by molar-refractivity contribution is 6.56. The molecule has 6 nitrogen and oxygen atoms in total. The second kappa shape index (κ2) is 8.38. The molecule has 0 aromatic rings. The maximum Gasteiger partial charge on any atom is 0.492 e. The molecule has 1 atom stereocenters. The van der Waals surface area contributed by atoms with Gasteiger partial charge in [-0.1, -0.05) is 0 Å². The van der Waals surface area contributed by atoms with Crippen molar-refractivity contribution in [1.29, 1.82) is 0 Å². The first-order valence-electron chi connectivity index (χ1n) is 5.46. The minimum atomic E-state index is -3.88. The minimum absolute atomic E-state index is 0. The van der Waals surface area contributed by atoms with E-state index in [0.29, 0.717) is 30.5 Å². The second-order valence-electron chi connectivity index (χ2n) is 5.21. The quantitative estimate of drug-likeness (QED) is 0.175. The topological polar surface area (TPSA) is 93.0 Å². The highest BCUT2D eigenvalue weighted by atomic mass is 35.5. The molecule has 0 aliphatic heterocycles. The summed E-state index contributed by atoms with van der Waals surface area (Å²) in [5.41, 5.74) is 0. The van der Waals surface area contributed by atoms with Gasteiger partial charge >= 0.3 is 8.80 Å². The maximum absolute atomic E-state index is 9.63. The lowest BCUT2D eigenvalue weighted by Gasteiger charge is -2.26. The summed E-state index contributed by atoms with van der Waals surface area (Å²) in [6, 6.07) is 0.0332. The van der Waals surface area contributed by atoms with Crippen LogP contribution < -0.4 is 17.7 Å². The van der Waals surface area contributed by atoms with Crippen LogP contribution in [0, 0.1) is 0 Å². The van der Waals surface area contributed by atoms with E-state index in [1.807, 2.05) is 21.1 Å². The average Bonchev–Trinajstić information content (AvgIpc) is 1.97. The van der Waals surface area contributed by atoms with Crippen molar-refractivity contribution in [3.05, 3.63) is 0 Å². The molecule has 0 rings (SSSR count). The van der Waals surface area contributed by atoms with Crippen molar-refractivity contribution < 1.29 is 36.4 Å². The van der Waals surface area contributed by atoms with Gasteiger partial charge in [0.05, 0.1) is 21.1 Å². The van der Waals surface area contributed by atoms with E-state index in [9.17, 15) is 5.11 Å². The highest BCUT2D eigenvalue weighted by Gasteiger charge is 2.25. The van der Waals surface area contributed by atoms with Gasteiger partial charge < -0.3 is 41.7 Å². The van der Waals surface area contributed by atoms with Gasteiger partial charge in [0, 0.05) is 12.6 Å². The zero-order valence-corrected chi connectivity index (χ0v) is 12.5. The Morgan fingerprint density at radius 1 is 1.18 bits per heavy atom. The predicted molar refractivity (Wildman–Crippen MR) is 63.6 cm³/mol. The summed E-state index contributed by atoms with van der Waals surface area (Å²) in [5.74, 6) is 0. The van der Waals surface area contributed by atoms with E-state index in [0.717, 1.165) is 0 Å². The standard InChI is InChI=1S/C9H25N2O4Si.ClH/c1-11(2,3)8-9(12)7-10-5-4-6-16(13,14)15;/h9-10,12-15H,4-8H2,1-3H3;1H/q+1;/p-1. The summed E-state index contributed by atoms with van der Waals surface area (Å²) in [6.45, 7) is 1.70. The number of hydrogen-bond donors (Lipinski definition) is 5. The molecule has 106 valence electrons. The molecular weight excluding hydrogens is 264 g/mol. The smallest absolute Gasteiger partial charge is 0.492 e. The van der Waals surface area contributed by atoms with E-state index < -0.39 is 14.9 Å². The third-order valence-electron chi connectivity index (χ3n) is 2.00. The lowest BCUT2D eigenvalue weighted by Crippen LogP contribution is -3.00. The van der Waals surface area contributed by atoms with E-state index in [1.54, 1.807) is 0 Å². The minimum Gasteiger partial charge on any atom is -1.00 e. The van der Waals surface area contributed by atoms with Crippen molar-refractivity contribution in [2.75, 3.05) is 40.8 Å². The molecule has 0 bridgehead atoms. The fourth-order valence-corrected chi connectivity index (χ4v) is 2.07. The molecule has 0 saturated heterocycles. The zero-order chi connectivity index (χ0) is 12.8. The summed E-state index contributed by atoms with van der Waals surface area (Å²) in [5, 5.41) is 12.6. The molecule has 17 heavy (non-hydrogen) atoms. The van der Waals surface area contributed by atoms with Crippen molar-refractivity contribution in [2.45, 2.75) is 18.6 Å². The lowest BCUT2D eigenvalue weighted by atomic mass is 10.3. The average molecular weight is 289 g/mol. The van der Waals surface area contributed by atoms with Crippen LogP contribution in [0.25, 0.3) is 0 Å². The molecule has 0 fully saturated rings. The zero-order valence-electron chi connectivity index (χ0n) is 10.7. The van der Waals surface area contributed by atoms with Gasteiger partial charge in [0.25, 0.3) is 0 Å². The fraction of sp³-hybridized carbons (Fsp3) is 1.00. The van der Waals surface area contributed by atoms with E-state index >= 15 is 0 Å². The number of nitrogens with one attached hydrogen (secondary N) is 1. The molecule has 0 aromatic carbocycles. The maximum atomic E-state index is 9.63. The van der Waals surface area contributed by atoms with Crippen LogP contribution in [0.4, 0.5) is 0 Å². The number of halogens is 1. The largest absolute Gasteiger partial charge is 1.00 e. The Morgan fingerprint density at radius 2 is 1.71 bits per heavy atom. The monoisotopic (exact) mass is 288 g/mol. The normalized spacial score (nSPS) is 14.3. The number of likely N-dealkylation sites (N-methyl/N-ethyl adjacent to an activating group) is 1. The van der Waals surface area contributed by atoms with Crippen LogP contribution in [0.1, 0.15) is 6.42 Å². The van der Waals surface area contributed by atoms with Crippen molar-refractivity contribution >= 4 is 8.80 Å². The van der Waals surface area contributed by atoms with E-state index in [2.05, 4.69) is 5.32 Å². The van der Waals surface area contributed by atoms with Crippen molar-refractivity contribution in [3.63, 3.8) is 0 Å². The molecule has 0 amide bonds. The van der Waals surface area contributed by atoms with Gasteiger partial charge in [-0.05, 0) is 13.0 Å². The van der Waals surface area contributed by atoms with Gasteiger partial charge in [-0.2, -0.15) is 0 Å². The molecule has 0 aromatic heterocycles. The van der Waals surface area contributed by atoms with Gasteiger partial charge in [0.1, 0.15) is 12.6 Å². The fourth-order valence-electron chi connectivity index (χ4n) is 1.42. The van der Waals surface area contributed by atoms with Gasteiger partial charge in [-0.3, -0.25) is 0 Å². The molecule has 0 heterocycles. The molecular formula is C9H25ClN2O4Si. The summed E-state index contributed by atoms with van der Waals surface area (Å²) in [6.07, 6.45) is 0.0756. The van der Waals surface area contributed by atoms with Gasteiger partial charge in [0.2, 0.25) is 0 Å². The highest BCUT2D eigenvalue weighted by Crippen LogP contribution is 1.99. The van der Waals surface area contributed by atoms with Gasteiger partial charge in [0.15, 0.2) is 0 Å². The SMILES string of the molecule is C[N+](C)(C)CC(O)CNCCC[Si](O)(O)O.[Cl-]. The molecule has 1 unspecified atom stereocenters. The van der Waals surface area contributed by atoms with Gasteiger partial charge in [-0.25, -0.2) is 0 Å². The van der Waals surface area contributed by atoms with Crippen LogP contribution >= 0.6 is 0 Å². The van der Waals surface area contributed by atoms with Crippen LogP contribution in [0.3, 0.4) is 0 Å². The number of aliphatic hydroxyl groups excluding tert-OH is 1. The summed E-state index contributed by atoms with van der Waals surface area (Å²) in [4.78, 5) is 26.2. The summed E-state index contributed by atoms with van der Waals surface area (Å²) >= 11 is 0. The third-order valence-corrected chi connectivity index (χ3v) is 3.03. The van der Waals surface area contributed by atoms with Crippen LogP contribution in [0.2, 0.25) is 6.04 Å². The Morgan fingerprint density at radius 3 is 2.12 bits per heavy atom. The summed E-state index contributed by atoms with van der Waals surface area (Å²) < 4.78 is 0.697. The first-order valence-corrected chi connectivity index (χ1v) is 7.51. The Balaban J connectivity index is 0. The van der Waals surface area contributed by atoms with E-state index in [-0.39, 0.29) is 18.5 Å². The Bertz CT molecular complexity index is 196. The van der Waals surface area contributed by atoms with Crippen LogP contribution in [0.5, 0.6) is 0 Å². The Kier molecular flexibility index (Phi) is 9.67. The lowest BCUT2D eigenvalue weighted by molar-refractivity contribution is -0.873. The van der Waals surface area contributed by atoms with E-state index in [4.69, 9.17) is 14.4 Å². The van der Waals surface area contributed by atoms with Crippen LogP contribution in [0.15, 0.2) is 0 Å². The molecule has 0 spiro atoms. The van der Waals surface area contributed by atoms with Crippen molar-refractivity contribution in [3.8, 4) is 0 Å².